The number of nitrogens with zero attached hydrogens (tertiary/aromatic N) is 2. The minimum absolute atomic E-state index is 0.129. The normalized spacial score (nSPS) is 12.5. The van der Waals surface area contributed by atoms with Gasteiger partial charge in [0, 0.05) is 18.9 Å². The number of pyridine rings is 1. The van der Waals surface area contributed by atoms with Gasteiger partial charge in [-0.05, 0) is 18.6 Å². The maximum atomic E-state index is 5.38. The molecule has 82 valence electrons. The first-order chi connectivity index (χ1) is 7.83. The van der Waals surface area contributed by atoms with E-state index in [9.17, 15) is 0 Å². The van der Waals surface area contributed by atoms with E-state index < -0.39 is 0 Å². The first-order valence-corrected chi connectivity index (χ1v) is 5.45. The second-order valence-corrected chi connectivity index (χ2v) is 3.71. The molecule has 3 nitrogen and oxygen atoms in total. The van der Waals surface area contributed by atoms with Crippen LogP contribution in [0.15, 0.2) is 30.6 Å². The average molecular weight is 213 g/mol. The Hall–Kier alpha value is -1.79. The molecule has 1 N–H and O–H groups in total. The Morgan fingerprint density at radius 1 is 1.56 bits per heavy atom. The van der Waals surface area contributed by atoms with Crippen LogP contribution in [-0.2, 0) is 6.54 Å². The number of aromatic nitrogens is 2. The van der Waals surface area contributed by atoms with Crippen LogP contribution >= 0.6 is 0 Å². The largest absolute Gasteiger partial charge is 0.307 e. The molecule has 0 aliphatic rings. The summed E-state index contributed by atoms with van der Waals surface area (Å²) in [4.78, 5) is 4.49. The lowest BCUT2D eigenvalue weighted by Crippen LogP contribution is -2.26. The van der Waals surface area contributed by atoms with Gasteiger partial charge in [0.1, 0.15) is 5.65 Å². The molecule has 3 heteroatoms. The van der Waals surface area contributed by atoms with Gasteiger partial charge in [-0.25, -0.2) is 4.98 Å². The number of rotatable bonds is 4. The molecule has 1 atom stereocenters. The molecule has 0 aromatic carbocycles. The third-order valence-corrected chi connectivity index (χ3v) is 2.55. The fraction of sp³-hybridized carbons (Fsp3) is 0.308. The standard InChI is InChI=1S/C13H15N3/c1-3-11(4-2)14-9-12-10-16-8-6-5-7-13(16)15-12/h1,5-8,10-11,14H,4,9H2,2H3. The average Bonchev–Trinajstić information content (AvgIpc) is 2.73. The Morgan fingerprint density at radius 3 is 3.12 bits per heavy atom. The van der Waals surface area contributed by atoms with Gasteiger partial charge in [-0.15, -0.1) is 6.42 Å². The summed E-state index contributed by atoms with van der Waals surface area (Å²) in [6.07, 6.45) is 10.3. The zero-order chi connectivity index (χ0) is 11.4. The molecular weight excluding hydrogens is 198 g/mol. The van der Waals surface area contributed by atoms with Crippen molar-refractivity contribution in [2.45, 2.75) is 25.9 Å². The molecule has 2 heterocycles. The summed E-state index contributed by atoms with van der Waals surface area (Å²) in [7, 11) is 0. The number of imidazole rings is 1. The van der Waals surface area contributed by atoms with Gasteiger partial charge in [0.15, 0.2) is 0 Å². The van der Waals surface area contributed by atoms with Gasteiger partial charge in [0.25, 0.3) is 0 Å². The summed E-state index contributed by atoms with van der Waals surface area (Å²) >= 11 is 0. The van der Waals surface area contributed by atoms with Gasteiger partial charge < -0.3 is 4.40 Å². The Morgan fingerprint density at radius 2 is 2.44 bits per heavy atom. The highest BCUT2D eigenvalue weighted by molar-refractivity contribution is 5.39. The number of nitrogens with one attached hydrogen (secondary N) is 1. The summed E-state index contributed by atoms with van der Waals surface area (Å²) in [6, 6.07) is 6.09. The Balaban J connectivity index is 2.08. The minimum atomic E-state index is 0.129. The van der Waals surface area contributed by atoms with Crippen molar-refractivity contribution in [2.24, 2.45) is 0 Å². The van der Waals surface area contributed by atoms with Gasteiger partial charge in [-0.2, -0.15) is 0 Å². The molecule has 0 saturated heterocycles. The van der Waals surface area contributed by atoms with Crippen molar-refractivity contribution in [3.63, 3.8) is 0 Å². The number of hydrogen-bond donors (Lipinski definition) is 1. The molecule has 0 bridgehead atoms. The zero-order valence-electron chi connectivity index (χ0n) is 9.35. The van der Waals surface area contributed by atoms with E-state index in [1.54, 1.807) is 0 Å². The molecule has 16 heavy (non-hydrogen) atoms. The van der Waals surface area contributed by atoms with Crippen LogP contribution in [0.25, 0.3) is 5.65 Å². The molecule has 0 aliphatic carbocycles. The Bertz CT molecular complexity index is 474. The summed E-state index contributed by atoms with van der Waals surface area (Å²) in [5, 5.41) is 3.28. The molecule has 0 saturated carbocycles. The van der Waals surface area contributed by atoms with Gasteiger partial charge >= 0.3 is 0 Å². The molecule has 0 amide bonds. The maximum Gasteiger partial charge on any atom is 0.137 e. The molecule has 2 aromatic heterocycles. The number of fused-ring (bicyclic) bond motifs is 1. The van der Waals surface area contributed by atoms with Crippen molar-refractivity contribution in [3.8, 4) is 12.3 Å². The van der Waals surface area contributed by atoms with Gasteiger partial charge in [-0.1, -0.05) is 18.9 Å². The van der Waals surface area contributed by atoms with Crippen LogP contribution in [-0.4, -0.2) is 15.4 Å². The molecule has 2 rings (SSSR count). The Kier molecular flexibility index (Phi) is 3.23. The summed E-state index contributed by atoms with van der Waals surface area (Å²) in [6.45, 7) is 2.78. The van der Waals surface area contributed by atoms with Gasteiger partial charge in [0.2, 0.25) is 0 Å². The highest BCUT2D eigenvalue weighted by Crippen LogP contribution is 2.04. The third-order valence-electron chi connectivity index (χ3n) is 2.55. The minimum Gasteiger partial charge on any atom is -0.307 e. The number of hydrogen-bond acceptors (Lipinski definition) is 2. The molecule has 2 aromatic rings. The van der Waals surface area contributed by atoms with E-state index in [-0.39, 0.29) is 6.04 Å². The topological polar surface area (TPSA) is 29.3 Å². The molecule has 0 aliphatic heterocycles. The van der Waals surface area contributed by atoms with Crippen molar-refractivity contribution >= 4 is 5.65 Å². The molecule has 0 fully saturated rings. The summed E-state index contributed by atoms with van der Waals surface area (Å²) in [5.74, 6) is 2.71. The van der Waals surface area contributed by atoms with Crippen LogP contribution in [0.3, 0.4) is 0 Å². The maximum absolute atomic E-state index is 5.38. The van der Waals surface area contributed by atoms with Crippen molar-refractivity contribution in [3.05, 3.63) is 36.3 Å². The third kappa shape index (κ3) is 2.23. The van der Waals surface area contributed by atoms with Crippen LogP contribution in [0, 0.1) is 12.3 Å². The van der Waals surface area contributed by atoms with Crippen molar-refractivity contribution < 1.29 is 0 Å². The molecule has 0 spiro atoms. The van der Waals surface area contributed by atoms with Crippen LogP contribution in [0.5, 0.6) is 0 Å². The lowest BCUT2D eigenvalue weighted by atomic mass is 10.2. The van der Waals surface area contributed by atoms with E-state index in [0.717, 1.165) is 17.8 Å². The molecular formula is C13H15N3. The summed E-state index contributed by atoms with van der Waals surface area (Å²) in [5.41, 5.74) is 1.98. The van der Waals surface area contributed by atoms with Crippen molar-refractivity contribution in [1.29, 1.82) is 0 Å². The van der Waals surface area contributed by atoms with E-state index in [0.29, 0.717) is 6.54 Å². The number of terminal acetylenes is 1. The lowest BCUT2D eigenvalue weighted by Gasteiger charge is -2.07. The SMILES string of the molecule is C#CC(CC)NCc1cn2ccccc2n1. The van der Waals surface area contributed by atoms with Crippen LogP contribution in [0.1, 0.15) is 19.0 Å². The predicted octanol–water partition coefficient (Wildman–Crippen LogP) is 1.84. The van der Waals surface area contributed by atoms with E-state index in [1.807, 2.05) is 35.0 Å². The van der Waals surface area contributed by atoms with Gasteiger partial charge in [-0.3, -0.25) is 5.32 Å². The zero-order valence-corrected chi connectivity index (χ0v) is 9.35. The molecule has 0 radical (unpaired) electrons. The fourth-order valence-corrected chi connectivity index (χ4v) is 1.62. The van der Waals surface area contributed by atoms with E-state index >= 15 is 0 Å². The lowest BCUT2D eigenvalue weighted by molar-refractivity contribution is 0.587. The van der Waals surface area contributed by atoms with E-state index in [4.69, 9.17) is 6.42 Å². The smallest absolute Gasteiger partial charge is 0.137 e. The van der Waals surface area contributed by atoms with Crippen LogP contribution in [0.2, 0.25) is 0 Å². The van der Waals surface area contributed by atoms with Crippen molar-refractivity contribution in [2.75, 3.05) is 0 Å². The Labute approximate surface area is 95.5 Å². The van der Waals surface area contributed by atoms with Gasteiger partial charge in [0.05, 0.1) is 11.7 Å². The van der Waals surface area contributed by atoms with Crippen molar-refractivity contribution in [1.82, 2.24) is 14.7 Å². The predicted molar refractivity (Wildman–Crippen MR) is 64.9 cm³/mol. The highest BCUT2D eigenvalue weighted by atomic mass is 15.0. The monoisotopic (exact) mass is 213 g/mol. The quantitative estimate of drug-likeness (QED) is 0.785. The second kappa shape index (κ2) is 4.82. The first-order valence-electron chi connectivity index (χ1n) is 5.45. The fourth-order valence-electron chi connectivity index (χ4n) is 1.62. The second-order valence-electron chi connectivity index (χ2n) is 3.71. The summed E-state index contributed by atoms with van der Waals surface area (Å²) < 4.78 is 2.01. The van der Waals surface area contributed by atoms with Crippen LogP contribution < -0.4 is 5.32 Å². The van der Waals surface area contributed by atoms with E-state index in [1.165, 1.54) is 0 Å². The molecule has 1 unspecified atom stereocenters. The highest BCUT2D eigenvalue weighted by Gasteiger charge is 2.03. The first kappa shape index (κ1) is 10.7. The van der Waals surface area contributed by atoms with E-state index in [2.05, 4.69) is 23.1 Å². The van der Waals surface area contributed by atoms with Crippen LogP contribution in [0.4, 0.5) is 0 Å².